The molecule has 0 amide bonds. The van der Waals surface area contributed by atoms with Crippen LogP contribution in [0.5, 0.6) is 0 Å². The number of anilines is 2. The minimum Gasteiger partial charge on any atom is -0.390 e. The summed E-state index contributed by atoms with van der Waals surface area (Å²) >= 11 is 0. The Labute approximate surface area is 124 Å². The largest absolute Gasteiger partial charge is 0.390 e. The van der Waals surface area contributed by atoms with Gasteiger partial charge in [-0.3, -0.25) is 4.98 Å². The summed E-state index contributed by atoms with van der Waals surface area (Å²) in [6.07, 6.45) is 5.47. The third kappa shape index (κ3) is 3.49. The monoisotopic (exact) mass is 284 g/mol. The van der Waals surface area contributed by atoms with Crippen molar-refractivity contribution >= 4 is 11.5 Å². The molecule has 1 aliphatic rings. The van der Waals surface area contributed by atoms with Gasteiger partial charge in [0.05, 0.1) is 24.7 Å². The quantitative estimate of drug-likeness (QED) is 0.900. The molecular weight excluding hydrogens is 264 g/mol. The smallest absolute Gasteiger partial charge is 0.144 e. The van der Waals surface area contributed by atoms with E-state index in [-0.39, 0.29) is 6.61 Å². The van der Waals surface area contributed by atoms with Gasteiger partial charge in [0.1, 0.15) is 5.82 Å². The van der Waals surface area contributed by atoms with Crippen LogP contribution in [0.15, 0.2) is 42.7 Å². The summed E-state index contributed by atoms with van der Waals surface area (Å²) in [4.78, 5) is 10.8. The molecule has 0 aliphatic carbocycles. The highest BCUT2D eigenvalue weighted by Crippen LogP contribution is 2.21. The van der Waals surface area contributed by atoms with Crippen LogP contribution in [-0.2, 0) is 6.61 Å². The van der Waals surface area contributed by atoms with Gasteiger partial charge in [0.25, 0.3) is 0 Å². The highest BCUT2D eigenvalue weighted by Gasteiger charge is 2.19. The van der Waals surface area contributed by atoms with Crippen LogP contribution in [0.1, 0.15) is 18.5 Å². The van der Waals surface area contributed by atoms with Crippen molar-refractivity contribution in [1.29, 1.82) is 0 Å². The fraction of sp³-hybridized carbons (Fsp3) is 0.375. The molecule has 5 heteroatoms. The number of benzene rings is 1. The maximum atomic E-state index is 8.96. The number of para-hydroxylation sites is 1. The van der Waals surface area contributed by atoms with Gasteiger partial charge < -0.3 is 15.3 Å². The summed E-state index contributed by atoms with van der Waals surface area (Å²) in [6.45, 7) is 2.02. The molecule has 0 radical (unpaired) electrons. The number of piperidine rings is 1. The molecule has 2 heterocycles. The van der Waals surface area contributed by atoms with E-state index in [1.54, 1.807) is 12.4 Å². The Kier molecular flexibility index (Phi) is 4.31. The van der Waals surface area contributed by atoms with Gasteiger partial charge in [0.2, 0.25) is 0 Å². The third-order valence-electron chi connectivity index (χ3n) is 3.84. The molecule has 1 saturated heterocycles. The van der Waals surface area contributed by atoms with Gasteiger partial charge in [-0.1, -0.05) is 18.2 Å². The van der Waals surface area contributed by atoms with Crippen molar-refractivity contribution < 1.29 is 5.11 Å². The van der Waals surface area contributed by atoms with Gasteiger partial charge >= 0.3 is 0 Å². The Morgan fingerprint density at radius 1 is 1.10 bits per heavy atom. The molecule has 0 bridgehead atoms. The minimum atomic E-state index is -0.0667. The van der Waals surface area contributed by atoms with E-state index >= 15 is 0 Å². The lowest BCUT2D eigenvalue weighted by Crippen LogP contribution is -2.39. The number of hydrogen-bond donors (Lipinski definition) is 2. The van der Waals surface area contributed by atoms with Crippen molar-refractivity contribution in [2.75, 3.05) is 23.3 Å². The van der Waals surface area contributed by atoms with Gasteiger partial charge in [-0.25, -0.2) is 4.98 Å². The number of nitrogens with one attached hydrogen (secondary N) is 1. The van der Waals surface area contributed by atoms with E-state index in [0.29, 0.717) is 11.7 Å². The third-order valence-corrected chi connectivity index (χ3v) is 3.84. The molecule has 0 saturated carbocycles. The van der Waals surface area contributed by atoms with Crippen LogP contribution in [0.4, 0.5) is 11.5 Å². The van der Waals surface area contributed by atoms with E-state index in [0.717, 1.165) is 31.7 Å². The molecule has 0 spiro atoms. The van der Waals surface area contributed by atoms with Crippen LogP contribution in [0.3, 0.4) is 0 Å². The van der Waals surface area contributed by atoms with Gasteiger partial charge in [0, 0.05) is 24.8 Å². The Morgan fingerprint density at radius 2 is 1.86 bits per heavy atom. The molecule has 0 unspecified atom stereocenters. The zero-order valence-corrected chi connectivity index (χ0v) is 11.9. The predicted molar refractivity (Wildman–Crippen MR) is 83.3 cm³/mol. The number of aliphatic hydroxyl groups excluding tert-OH is 1. The van der Waals surface area contributed by atoms with Crippen LogP contribution in [-0.4, -0.2) is 34.2 Å². The van der Waals surface area contributed by atoms with E-state index in [4.69, 9.17) is 5.11 Å². The van der Waals surface area contributed by atoms with E-state index in [1.165, 1.54) is 5.69 Å². The number of rotatable bonds is 4. The second-order valence-electron chi connectivity index (χ2n) is 5.29. The highest BCUT2D eigenvalue weighted by atomic mass is 16.3. The Hall–Kier alpha value is -2.14. The second kappa shape index (κ2) is 6.54. The first-order valence-corrected chi connectivity index (χ1v) is 7.33. The summed E-state index contributed by atoms with van der Waals surface area (Å²) < 4.78 is 0. The summed E-state index contributed by atoms with van der Waals surface area (Å²) in [6, 6.07) is 11.0. The summed E-state index contributed by atoms with van der Waals surface area (Å²) in [7, 11) is 0. The lowest BCUT2D eigenvalue weighted by Gasteiger charge is -2.34. The summed E-state index contributed by atoms with van der Waals surface area (Å²) in [5.74, 6) is 0.783. The standard InChI is InChI=1S/C16H20N4O/c21-12-14-10-18-16(11-17-14)19-13-6-8-20(9-7-13)15-4-2-1-3-5-15/h1-5,10-11,13,21H,6-9,12H2,(H,18,19). The highest BCUT2D eigenvalue weighted by molar-refractivity contribution is 5.46. The number of aliphatic hydroxyl groups is 1. The molecule has 2 N–H and O–H groups in total. The van der Waals surface area contributed by atoms with E-state index in [2.05, 4.69) is 44.5 Å². The van der Waals surface area contributed by atoms with Crippen molar-refractivity contribution in [2.45, 2.75) is 25.5 Å². The van der Waals surface area contributed by atoms with Gasteiger partial charge in [-0.05, 0) is 25.0 Å². The average molecular weight is 284 g/mol. The second-order valence-corrected chi connectivity index (χ2v) is 5.29. The van der Waals surface area contributed by atoms with Crippen LogP contribution in [0.2, 0.25) is 0 Å². The molecule has 2 aromatic rings. The van der Waals surface area contributed by atoms with Gasteiger partial charge in [0.15, 0.2) is 0 Å². The van der Waals surface area contributed by atoms with Crippen molar-refractivity contribution in [3.8, 4) is 0 Å². The first kappa shape index (κ1) is 13.8. The lowest BCUT2D eigenvalue weighted by molar-refractivity contribution is 0.276. The fourth-order valence-corrected chi connectivity index (χ4v) is 2.64. The van der Waals surface area contributed by atoms with Crippen molar-refractivity contribution in [3.05, 3.63) is 48.4 Å². The number of nitrogens with zero attached hydrogens (tertiary/aromatic N) is 3. The van der Waals surface area contributed by atoms with Crippen molar-refractivity contribution in [3.63, 3.8) is 0 Å². The van der Waals surface area contributed by atoms with Gasteiger partial charge in [-0.15, -0.1) is 0 Å². The van der Waals surface area contributed by atoms with Crippen molar-refractivity contribution in [2.24, 2.45) is 0 Å². The molecule has 0 atom stereocenters. The van der Waals surface area contributed by atoms with Gasteiger partial charge in [-0.2, -0.15) is 0 Å². The normalized spacial score (nSPS) is 16.0. The topological polar surface area (TPSA) is 61.3 Å². The molecule has 5 nitrogen and oxygen atoms in total. The molecule has 21 heavy (non-hydrogen) atoms. The predicted octanol–water partition coefficient (Wildman–Crippen LogP) is 2.05. The van der Waals surface area contributed by atoms with Crippen LogP contribution in [0.25, 0.3) is 0 Å². The van der Waals surface area contributed by atoms with Crippen LogP contribution >= 0.6 is 0 Å². The molecule has 1 aromatic heterocycles. The van der Waals surface area contributed by atoms with E-state index in [9.17, 15) is 0 Å². The molecule has 110 valence electrons. The van der Waals surface area contributed by atoms with Crippen molar-refractivity contribution in [1.82, 2.24) is 9.97 Å². The zero-order valence-electron chi connectivity index (χ0n) is 11.9. The number of aromatic nitrogens is 2. The molecule has 1 aromatic carbocycles. The summed E-state index contributed by atoms with van der Waals surface area (Å²) in [5.41, 5.74) is 1.89. The lowest BCUT2D eigenvalue weighted by atomic mass is 10.0. The maximum absolute atomic E-state index is 8.96. The molecule has 1 fully saturated rings. The van der Waals surface area contributed by atoms with E-state index in [1.807, 2.05) is 6.07 Å². The van der Waals surface area contributed by atoms with Crippen LogP contribution < -0.4 is 10.2 Å². The average Bonchev–Trinajstić information content (AvgIpc) is 2.57. The molecule has 1 aliphatic heterocycles. The maximum Gasteiger partial charge on any atom is 0.144 e. The first-order valence-electron chi connectivity index (χ1n) is 7.33. The fourth-order valence-electron chi connectivity index (χ4n) is 2.64. The van der Waals surface area contributed by atoms with Crippen LogP contribution in [0, 0.1) is 0 Å². The summed E-state index contributed by atoms with van der Waals surface area (Å²) in [5, 5.41) is 12.4. The first-order chi connectivity index (χ1) is 10.3. The molecular formula is C16H20N4O. The Bertz CT molecular complexity index is 550. The van der Waals surface area contributed by atoms with E-state index < -0.39 is 0 Å². The Morgan fingerprint density at radius 3 is 2.48 bits per heavy atom. The number of hydrogen-bond acceptors (Lipinski definition) is 5. The SMILES string of the molecule is OCc1cnc(NC2CCN(c3ccccc3)CC2)cn1. The minimum absolute atomic E-state index is 0.0667. The zero-order chi connectivity index (χ0) is 14.5. The molecule has 3 rings (SSSR count). The Balaban J connectivity index is 1.53.